The van der Waals surface area contributed by atoms with Crippen molar-refractivity contribution in [2.45, 2.75) is 38.3 Å². The summed E-state index contributed by atoms with van der Waals surface area (Å²) in [4.78, 5) is 18.7. The molecule has 1 aliphatic carbocycles. The van der Waals surface area contributed by atoms with Crippen molar-refractivity contribution < 1.29 is 9.21 Å². The zero-order valence-electron chi connectivity index (χ0n) is 11.7. The van der Waals surface area contributed by atoms with Gasteiger partial charge in [0.1, 0.15) is 5.76 Å². The number of amides is 1. The Hall–Kier alpha value is -1.81. The van der Waals surface area contributed by atoms with Crippen LogP contribution in [0, 0.1) is 0 Å². The number of halogens is 1. The van der Waals surface area contributed by atoms with Gasteiger partial charge in [-0.25, -0.2) is 0 Å². The topological polar surface area (TPSA) is 46.3 Å². The fraction of sp³-hybridized carbons (Fsp3) is 0.375. The first-order valence-electron chi connectivity index (χ1n) is 7.18. The molecule has 1 aliphatic rings. The third-order valence-corrected chi connectivity index (χ3v) is 4.24. The highest BCUT2D eigenvalue weighted by atomic mass is 35.5. The zero-order chi connectivity index (χ0) is 14.7. The van der Waals surface area contributed by atoms with E-state index in [-0.39, 0.29) is 11.9 Å². The lowest BCUT2D eigenvalue weighted by atomic mass is 10.1. The molecule has 2 aromatic heterocycles. The number of carbonyl (C=O) groups excluding carboxylic acids is 1. The Kier molecular flexibility index (Phi) is 4.25. The molecule has 0 aromatic carbocycles. The summed E-state index contributed by atoms with van der Waals surface area (Å²) in [6.45, 7) is 0.481. The van der Waals surface area contributed by atoms with Gasteiger partial charge in [-0.05, 0) is 31.0 Å². The first-order valence-corrected chi connectivity index (χ1v) is 7.56. The maximum absolute atomic E-state index is 12.9. The van der Waals surface area contributed by atoms with Gasteiger partial charge in [-0.15, -0.1) is 0 Å². The molecule has 0 unspecified atom stereocenters. The Bertz CT molecular complexity index is 606. The van der Waals surface area contributed by atoms with E-state index in [2.05, 4.69) is 4.98 Å². The van der Waals surface area contributed by atoms with E-state index in [1.54, 1.807) is 18.5 Å². The first kappa shape index (κ1) is 14.1. The van der Waals surface area contributed by atoms with Crippen molar-refractivity contribution in [2.75, 3.05) is 0 Å². The smallest absolute Gasteiger partial charge is 0.256 e. The maximum atomic E-state index is 12.9. The fourth-order valence-corrected chi connectivity index (χ4v) is 3.06. The minimum atomic E-state index is -0.0503. The van der Waals surface area contributed by atoms with Gasteiger partial charge in [0.05, 0.1) is 23.4 Å². The van der Waals surface area contributed by atoms with Gasteiger partial charge in [0.25, 0.3) is 5.91 Å². The van der Waals surface area contributed by atoms with Crippen LogP contribution in [0.5, 0.6) is 0 Å². The molecule has 1 fully saturated rings. The second kappa shape index (κ2) is 6.31. The van der Waals surface area contributed by atoms with Gasteiger partial charge >= 0.3 is 0 Å². The molecule has 2 aromatic rings. The molecule has 0 bridgehead atoms. The Morgan fingerprint density at radius 3 is 2.86 bits per heavy atom. The molecule has 0 aliphatic heterocycles. The normalized spacial score (nSPS) is 15.3. The van der Waals surface area contributed by atoms with Gasteiger partial charge in [-0.1, -0.05) is 24.4 Å². The number of nitrogens with zero attached hydrogens (tertiary/aromatic N) is 2. The van der Waals surface area contributed by atoms with E-state index in [1.807, 2.05) is 17.0 Å². The van der Waals surface area contributed by atoms with Gasteiger partial charge in [-0.2, -0.15) is 0 Å². The summed E-state index contributed by atoms with van der Waals surface area (Å²) in [6, 6.07) is 5.66. The molecule has 0 saturated heterocycles. The van der Waals surface area contributed by atoms with Crippen LogP contribution in [0.2, 0.25) is 5.02 Å². The molecular formula is C16H17ClN2O2. The quantitative estimate of drug-likeness (QED) is 0.860. The zero-order valence-corrected chi connectivity index (χ0v) is 12.4. The molecule has 110 valence electrons. The van der Waals surface area contributed by atoms with Crippen LogP contribution in [-0.2, 0) is 6.54 Å². The Balaban J connectivity index is 1.87. The van der Waals surface area contributed by atoms with E-state index in [0.29, 0.717) is 17.1 Å². The molecule has 0 radical (unpaired) electrons. The molecule has 0 spiro atoms. The van der Waals surface area contributed by atoms with Crippen molar-refractivity contribution in [3.63, 3.8) is 0 Å². The number of furan rings is 1. The van der Waals surface area contributed by atoms with Crippen molar-refractivity contribution >= 4 is 17.5 Å². The van der Waals surface area contributed by atoms with Crippen LogP contribution in [0.4, 0.5) is 0 Å². The van der Waals surface area contributed by atoms with Crippen LogP contribution in [-0.4, -0.2) is 21.8 Å². The molecule has 3 rings (SSSR count). The SMILES string of the molecule is O=C(c1ccncc1Cl)N(Cc1ccco1)C1CCCC1. The van der Waals surface area contributed by atoms with Crippen molar-refractivity contribution in [1.29, 1.82) is 0 Å². The number of pyridine rings is 1. The van der Waals surface area contributed by atoms with Crippen molar-refractivity contribution in [2.24, 2.45) is 0 Å². The molecule has 4 nitrogen and oxygen atoms in total. The van der Waals surface area contributed by atoms with Crippen LogP contribution in [0.25, 0.3) is 0 Å². The Labute approximate surface area is 128 Å². The van der Waals surface area contributed by atoms with Crippen LogP contribution < -0.4 is 0 Å². The number of carbonyl (C=O) groups is 1. The molecule has 21 heavy (non-hydrogen) atoms. The van der Waals surface area contributed by atoms with Crippen LogP contribution >= 0.6 is 11.6 Å². The highest BCUT2D eigenvalue weighted by Gasteiger charge is 2.29. The van der Waals surface area contributed by atoms with Gasteiger partial charge in [0.15, 0.2) is 0 Å². The second-order valence-corrected chi connectivity index (χ2v) is 5.71. The van der Waals surface area contributed by atoms with Gasteiger partial charge in [0, 0.05) is 18.4 Å². The molecule has 0 atom stereocenters. The molecular weight excluding hydrogens is 288 g/mol. The number of aromatic nitrogens is 1. The van der Waals surface area contributed by atoms with E-state index in [1.165, 1.54) is 6.20 Å². The van der Waals surface area contributed by atoms with E-state index >= 15 is 0 Å². The highest BCUT2D eigenvalue weighted by Crippen LogP contribution is 2.28. The number of hydrogen-bond acceptors (Lipinski definition) is 3. The third kappa shape index (κ3) is 3.10. The lowest BCUT2D eigenvalue weighted by Gasteiger charge is -2.28. The summed E-state index contributed by atoms with van der Waals surface area (Å²) < 4.78 is 5.40. The number of hydrogen-bond donors (Lipinski definition) is 0. The monoisotopic (exact) mass is 304 g/mol. The van der Waals surface area contributed by atoms with E-state index in [0.717, 1.165) is 31.4 Å². The molecule has 1 saturated carbocycles. The van der Waals surface area contributed by atoms with Crippen LogP contribution in [0.15, 0.2) is 41.3 Å². The van der Waals surface area contributed by atoms with Gasteiger partial charge in [-0.3, -0.25) is 9.78 Å². The lowest BCUT2D eigenvalue weighted by molar-refractivity contribution is 0.0649. The largest absolute Gasteiger partial charge is 0.467 e. The second-order valence-electron chi connectivity index (χ2n) is 5.31. The Morgan fingerprint density at radius 1 is 1.38 bits per heavy atom. The van der Waals surface area contributed by atoms with Gasteiger partial charge in [0.2, 0.25) is 0 Å². The fourth-order valence-electron chi connectivity index (χ4n) is 2.86. The van der Waals surface area contributed by atoms with Crippen LogP contribution in [0.3, 0.4) is 0 Å². The molecule has 1 amide bonds. The summed E-state index contributed by atoms with van der Waals surface area (Å²) >= 11 is 6.12. The average Bonchev–Trinajstić information content (AvgIpc) is 3.18. The standard InChI is InChI=1S/C16H17ClN2O2/c17-15-10-18-8-7-14(15)16(20)19(12-4-1-2-5-12)11-13-6-3-9-21-13/h3,6-10,12H,1-2,4-5,11H2. The average molecular weight is 305 g/mol. The summed E-state index contributed by atoms with van der Waals surface area (Å²) in [5, 5.41) is 0.393. The molecule has 2 heterocycles. The van der Waals surface area contributed by atoms with E-state index in [9.17, 15) is 4.79 Å². The van der Waals surface area contributed by atoms with Crippen molar-refractivity contribution in [1.82, 2.24) is 9.88 Å². The number of rotatable bonds is 4. The predicted octanol–water partition coefficient (Wildman–Crippen LogP) is 3.91. The molecule has 0 N–H and O–H groups in total. The summed E-state index contributed by atoms with van der Waals surface area (Å²) in [5.74, 6) is 0.742. The van der Waals surface area contributed by atoms with Gasteiger partial charge < -0.3 is 9.32 Å². The first-order chi connectivity index (χ1) is 10.3. The summed E-state index contributed by atoms with van der Waals surface area (Å²) in [6.07, 6.45) is 9.14. The predicted molar refractivity (Wildman–Crippen MR) is 80.1 cm³/mol. The minimum absolute atomic E-state index is 0.0503. The molecule has 5 heteroatoms. The van der Waals surface area contributed by atoms with Crippen molar-refractivity contribution in [3.05, 3.63) is 53.2 Å². The summed E-state index contributed by atoms with van der Waals surface area (Å²) in [5.41, 5.74) is 0.505. The Morgan fingerprint density at radius 2 is 2.19 bits per heavy atom. The summed E-state index contributed by atoms with van der Waals surface area (Å²) in [7, 11) is 0. The van der Waals surface area contributed by atoms with Crippen molar-refractivity contribution in [3.8, 4) is 0 Å². The van der Waals surface area contributed by atoms with Crippen LogP contribution in [0.1, 0.15) is 41.8 Å². The highest BCUT2D eigenvalue weighted by molar-refractivity contribution is 6.33. The lowest BCUT2D eigenvalue weighted by Crippen LogP contribution is -2.38. The van der Waals surface area contributed by atoms with E-state index < -0.39 is 0 Å². The maximum Gasteiger partial charge on any atom is 0.256 e. The minimum Gasteiger partial charge on any atom is -0.467 e. The third-order valence-electron chi connectivity index (χ3n) is 3.94. The van der Waals surface area contributed by atoms with E-state index in [4.69, 9.17) is 16.0 Å².